The van der Waals surface area contributed by atoms with Crippen LogP contribution in [0.25, 0.3) is 0 Å². The Kier molecular flexibility index (Phi) is 5.75. The van der Waals surface area contributed by atoms with Gasteiger partial charge in [0.2, 0.25) is 0 Å². The van der Waals surface area contributed by atoms with Crippen molar-refractivity contribution in [1.82, 2.24) is 4.90 Å². The fourth-order valence-electron chi connectivity index (χ4n) is 2.41. The molecule has 0 bridgehead atoms. The summed E-state index contributed by atoms with van der Waals surface area (Å²) in [5.41, 5.74) is 2.40. The summed E-state index contributed by atoms with van der Waals surface area (Å²) in [5.74, 6) is -0.146. The monoisotopic (exact) mass is 271 g/mol. The van der Waals surface area contributed by atoms with Crippen molar-refractivity contribution in [3.8, 4) is 0 Å². The van der Waals surface area contributed by atoms with Crippen molar-refractivity contribution in [2.75, 3.05) is 13.1 Å². The van der Waals surface area contributed by atoms with Crippen LogP contribution in [0.2, 0.25) is 0 Å². The van der Waals surface area contributed by atoms with E-state index < -0.39 is 0 Å². The maximum absolute atomic E-state index is 13.2. The maximum Gasteiger partial charge on any atom is 0.123 e. The Bertz CT molecular complexity index is 510. The summed E-state index contributed by atoms with van der Waals surface area (Å²) in [6.07, 6.45) is 2.03. The van der Waals surface area contributed by atoms with Crippen LogP contribution in [0.1, 0.15) is 24.5 Å². The summed E-state index contributed by atoms with van der Waals surface area (Å²) in [6.45, 7) is 5.20. The first-order chi connectivity index (χ1) is 9.78. The quantitative estimate of drug-likeness (QED) is 0.726. The van der Waals surface area contributed by atoms with Gasteiger partial charge < -0.3 is 0 Å². The van der Waals surface area contributed by atoms with Gasteiger partial charge in [0.05, 0.1) is 0 Å². The Labute approximate surface area is 121 Å². The van der Waals surface area contributed by atoms with Gasteiger partial charge in [-0.05, 0) is 42.6 Å². The number of halogens is 1. The molecule has 20 heavy (non-hydrogen) atoms. The molecule has 2 aromatic rings. The lowest BCUT2D eigenvalue weighted by molar-refractivity contribution is 0.269. The number of hydrogen-bond donors (Lipinski definition) is 0. The number of hydrogen-bond acceptors (Lipinski definition) is 1. The zero-order chi connectivity index (χ0) is 14.2. The standard InChI is InChI=1S/C18H22FN/c1-2-12-20(15-17-7-4-3-5-8-17)13-11-16-9-6-10-18(19)14-16/h3-10,14H,2,11-13,15H2,1H3. The molecule has 0 N–H and O–H groups in total. The van der Waals surface area contributed by atoms with E-state index >= 15 is 0 Å². The van der Waals surface area contributed by atoms with Gasteiger partial charge >= 0.3 is 0 Å². The second-order valence-electron chi connectivity index (χ2n) is 5.14. The third-order valence-electron chi connectivity index (χ3n) is 3.39. The Morgan fingerprint density at radius 1 is 0.900 bits per heavy atom. The summed E-state index contributed by atoms with van der Waals surface area (Å²) >= 11 is 0. The minimum Gasteiger partial charge on any atom is -0.299 e. The Balaban J connectivity index is 1.92. The van der Waals surface area contributed by atoms with Gasteiger partial charge in [-0.2, -0.15) is 0 Å². The summed E-state index contributed by atoms with van der Waals surface area (Å²) in [5, 5.41) is 0. The highest BCUT2D eigenvalue weighted by molar-refractivity contribution is 5.17. The molecule has 106 valence electrons. The molecular formula is C18H22FN. The molecule has 0 aromatic heterocycles. The van der Waals surface area contributed by atoms with Crippen molar-refractivity contribution < 1.29 is 4.39 Å². The molecule has 0 saturated heterocycles. The Morgan fingerprint density at radius 3 is 2.35 bits per heavy atom. The average molecular weight is 271 g/mol. The summed E-state index contributed by atoms with van der Waals surface area (Å²) in [4.78, 5) is 2.43. The second-order valence-corrected chi connectivity index (χ2v) is 5.14. The molecule has 2 rings (SSSR count). The summed E-state index contributed by atoms with van der Waals surface area (Å²) < 4.78 is 13.2. The van der Waals surface area contributed by atoms with E-state index in [2.05, 4.69) is 36.1 Å². The van der Waals surface area contributed by atoms with Gasteiger partial charge in [0.15, 0.2) is 0 Å². The van der Waals surface area contributed by atoms with Crippen LogP contribution in [-0.4, -0.2) is 18.0 Å². The third kappa shape index (κ3) is 4.78. The molecule has 0 fully saturated rings. The van der Waals surface area contributed by atoms with Gasteiger partial charge in [-0.25, -0.2) is 4.39 Å². The van der Waals surface area contributed by atoms with E-state index in [0.29, 0.717) is 0 Å². The lowest BCUT2D eigenvalue weighted by atomic mass is 10.1. The fraction of sp³-hybridized carbons (Fsp3) is 0.333. The molecule has 0 aliphatic heterocycles. The molecule has 2 aromatic carbocycles. The van der Waals surface area contributed by atoms with E-state index in [0.717, 1.165) is 38.0 Å². The van der Waals surface area contributed by atoms with Crippen LogP contribution >= 0.6 is 0 Å². The lowest BCUT2D eigenvalue weighted by Gasteiger charge is -2.21. The highest BCUT2D eigenvalue weighted by atomic mass is 19.1. The van der Waals surface area contributed by atoms with Gasteiger partial charge in [0.1, 0.15) is 5.82 Å². The van der Waals surface area contributed by atoms with Crippen LogP contribution in [0.5, 0.6) is 0 Å². The van der Waals surface area contributed by atoms with Crippen molar-refractivity contribution in [3.05, 3.63) is 71.5 Å². The zero-order valence-electron chi connectivity index (χ0n) is 12.1. The molecule has 0 amide bonds. The lowest BCUT2D eigenvalue weighted by Crippen LogP contribution is -2.26. The number of benzene rings is 2. The molecule has 0 unspecified atom stereocenters. The molecule has 0 saturated carbocycles. The van der Waals surface area contributed by atoms with Crippen LogP contribution < -0.4 is 0 Å². The normalized spacial score (nSPS) is 10.9. The third-order valence-corrected chi connectivity index (χ3v) is 3.39. The molecule has 0 heterocycles. The topological polar surface area (TPSA) is 3.24 Å². The van der Waals surface area contributed by atoms with Gasteiger partial charge in [-0.15, -0.1) is 0 Å². The van der Waals surface area contributed by atoms with Gasteiger partial charge in [0.25, 0.3) is 0 Å². The molecule has 0 aliphatic carbocycles. The average Bonchev–Trinajstić information content (AvgIpc) is 2.46. The maximum atomic E-state index is 13.2. The van der Waals surface area contributed by atoms with Gasteiger partial charge in [0, 0.05) is 13.1 Å². The van der Waals surface area contributed by atoms with Gasteiger partial charge in [-0.1, -0.05) is 49.4 Å². The molecule has 0 radical (unpaired) electrons. The fourth-order valence-corrected chi connectivity index (χ4v) is 2.41. The Morgan fingerprint density at radius 2 is 1.65 bits per heavy atom. The highest BCUT2D eigenvalue weighted by Gasteiger charge is 2.05. The summed E-state index contributed by atoms with van der Waals surface area (Å²) in [7, 11) is 0. The van der Waals surface area contributed by atoms with Crippen molar-refractivity contribution >= 4 is 0 Å². The van der Waals surface area contributed by atoms with E-state index in [1.807, 2.05) is 12.1 Å². The SMILES string of the molecule is CCCN(CCc1cccc(F)c1)Cc1ccccc1. The van der Waals surface area contributed by atoms with Crippen molar-refractivity contribution in [1.29, 1.82) is 0 Å². The van der Waals surface area contributed by atoms with Crippen LogP contribution in [-0.2, 0) is 13.0 Å². The van der Waals surface area contributed by atoms with Gasteiger partial charge in [-0.3, -0.25) is 4.90 Å². The van der Waals surface area contributed by atoms with Crippen LogP contribution in [0.4, 0.5) is 4.39 Å². The smallest absolute Gasteiger partial charge is 0.123 e. The van der Waals surface area contributed by atoms with Crippen molar-refractivity contribution in [3.63, 3.8) is 0 Å². The molecule has 1 nitrogen and oxygen atoms in total. The first-order valence-electron chi connectivity index (χ1n) is 7.28. The van der Waals surface area contributed by atoms with Crippen molar-refractivity contribution in [2.45, 2.75) is 26.3 Å². The molecule has 0 atom stereocenters. The zero-order valence-corrected chi connectivity index (χ0v) is 12.1. The first kappa shape index (κ1) is 14.7. The number of nitrogens with zero attached hydrogens (tertiary/aromatic N) is 1. The molecule has 0 aliphatic rings. The second kappa shape index (κ2) is 7.81. The predicted molar refractivity (Wildman–Crippen MR) is 82.1 cm³/mol. The Hall–Kier alpha value is -1.67. The predicted octanol–water partition coefficient (Wildman–Crippen LogP) is 4.28. The minimum absolute atomic E-state index is 0.146. The molecule has 0 spiro atoms. The first-order valence-corrected chi connectivity index (χ1v) is 7.28. The minimum atomic E-state index is -0.146. The number of rotatable bonds is 7. The van der Waals surface area contributed by atoms with E-state index in [9.17, 15) is 4.39 Å². The summed E-state index contributed by atoms with van der Waals surface area (Å²) in [6, 6.07) is 17.4. The van der Waals surface area contributed by atoms with E-state index in [1.54, 1.807) is 12.1 Å². The van der Waals surface area contributed by atoms with E-state index in [4.69, 9.17) is 0 Å². The highest BCUT2D eigenvalue weighted by Crippen LogP contribution is 2.09. The van der Waals surface area contributed by atoms with Crippen molar-refractivity contribution in [2.24, 2.45) is 0 Å². The van der Waals surface area contributed by atoms with E-state index in [-0.39, 0.29) is 5.82 Å². The molecular weight excluding hydrogens is 249 g/mol. The van der Waals surface area contributed by atoms with Crippen LogP contribution in [0.15, 0.2) is 54.6 Å². The largest absolute Gasteiger partial charge is 0.299 e. The van der Waals surface area contributed by atoms with Crippen LogP contribution in [0, 0.1) is 5.82 Å². The van der Waals surface area contributed by atoms with Crippen LogP contribution in [0.3, 0.4) is 0 Å². The molecule has 2 heteroatoms. The van der Waals surface area contributed by atoms with E-state index in [1.165, 1.54) is 11.6 Å².